The van der Waals surface area contributed by atoms with Crippen molar-refractivity contribution in [1.82, 2.24) is 0 Å². The first-order valence-corrected chi connectivity index (χ1v) is 8.80. The Morgan fingerprint density at radius 2 is 0.654 bits per heavy atom. The second-order valence-corrected chi connectivity index (χ2v) is 7.01. The van der Waals surface area contributed by atoms with Crippen LogP contribution in [0.15, 0.2) is 54.5 Å². The standard InChI is InChI=1S/C10H4Cl2O2.C6Cl4O2/c11-7-8(12)10(14)6-4-2-1-3-5(6)9(7)13;7-1-2(8)6(12)4(10)3(9)5(1)11/h1-4H;. The Balaban J connectivity index is 0.000000190. The molecule has 2 aliphatic carbocycles. The highest BCUT2D eigenvalue weighted by atomic mass is 35.5. The van der Waals surface area contributed by atoms with Gasteiger partial charge in [0.2, 0.25) is 23.1 Å². The average Bonchev–Trinajstić information content (AvgIpc) is 2.66. The van der Waals surface area contributed by atoms with E-state index in [9.17, 15) is 19.2 Å². The maximum absolute atomic E-state index is 11.5. The molecule has 2 aliphatic rings. The molecule has 0 radical (unpaired) electrons. The highest BCUT2D eigenvalue weighted by Crippen LogP contribution is 2.33. The van der Waals surface area contributed by atoms with Gasteiger partial charge in [-0.2, -0.15) is 0 Å². The predicted molar refractivity (Wildman–Crippen MR) is 101 cm³/mol. The molecule has 0 bridgehead atoms. The number of rotatable bonds is 0. The van der Waals surface area contributed by atoms with Crippen LogP contribution < -0.4 is 0 Å². The molecule has 0 saturated carbocycles. The second-order valence-electron chi connectivity index (χ2n) is 4.75. The fraction of sp³-hybridized carbons (Fsp3) is 0. The van der Waals surface area contributed by atoms with E-state index in [1.54, 1.807) is 24.3 Å². The first-order chi connectivity index (χ1) is 12.1. The zero-order chi connectivity index (χ0) is 19.8. The van der Waals surface area contributed by atoms with Crippen LogP contribution in [0.25, 0.3) is 0 Å². The maximum Gasteiger partial charge on any atom is 0.219 e. The number of hydrogen-bond donors (Lipinski definition) is 0. The lowest BCUT2D eigenvalue weighted by molar-refractivity contribution is -0.114. The van der Waals surface area contributed by atoms with Crippen molar-refractivity contribution in [3.63, 3.8) is 0 Å². The summed E-state index contributed by atoms with van der Waals surface area (Å²) in [4.78, 5) is 45.1. The summed E-state index contributed by atoms with van der Waals surface area (Å²) in [5.41, 5.74) is 0.624. The molecule has 1 aromatic rings. The third-order valence-electron chi connectivity index (χ3n) is 3.19. The number of carbonyl (C=O) groups is 4. The molecule has 0 aliphatic heterocycles. The summed E-state index contributed by atoms with van der Waals surface area (Å²) in [7, 11) is 0. The van der Waals surface area contributed by atoms with Crippen LogP contribution in [0.1, 0.15) is 20.7 Å². The van der Waals surface area contributed by atoms with E-state index in [0.29, 0.717) is 11.1 Å². The molecular weight excluding hydrogens is 469 g/mol. The van der Waals surface area contributed by atoms with Crippen LogP contribution >= 0.6 is 69.6 Å². The van der Waals surface area contributed by atoms with Gasteiger partial charge in [-0.1, -0.05) is 93.9 Å². The molecule has 26 heavy (non-hydrogen) atoms. The molecular formula is C16H4Cl6O4. The highest BCUT2D eigenvalue weighted by molar-refractivity contribution is 6.69. The lowest BCUT2D eigenvalue weighted by Gasteiger charge is -2.12. The normalized spacial score (nSPS) is 17.5. The van der Waals surface area contributed by atoms with E-state index >= 15 is 0 Å². The zero-order valence-electron chi connectivity index (χ0n) is 12.2. The van der Waals surface area contributed by atoms with Gasteiger partial charge in [0.25, 0.3) is 0 Å². The van der Waals surface area contributed by atoms with E-state index in [-0.39, 0.29) is 10.1 Å². The van der Waals surface area contributed by atoms with Gasteiger partial charge in [-0.15, -0.1) is 0 Å². The van der Waals surface area contributed by atoms with Crippen molar-refractivity contribution in [1.29, 1.82) is 0 Å². The van der Waals surface area contributed by atoms with Crippen molar-refractivity contribution in [3.05, 3.63) is 65.6 Å². The van der Waals surface area contributed by atoms with E-state index < -0.39 is 43.3 Å². The first-order valence-electron chi connectivity index (χ1n) is 6.53. The molecule has 0 N–H and O–H groups in total. The van der Waals surface area contributed by atoms with Crippen LogP contribution in [0.4, 0.5) is 0 Å². The summed E-state index contributed by atoms with van der Waals surface area (Å²) in [6.45, 7) is 0. The molecule has 0 aromatic heterocycles. The smallest absolute Gasteiger partial charge is 0.219 e. The monoisotopic (exact) mass is 470 g/mol. The number of benzene rings is 1. The highest BCUT2D eigenvalue weighted by Gasteiger charge is 2.31. The number of fused-ring (bicyclic) bond motifs is 1. The van der Waals surface area contributed by atoms with Gasteiger partial charge >= 0.3 is 0 Å². The predicted octanol–water partition coefficient (Wildman–Crippen LogP) is 5.27. The Morgan fingerprint density at radius 1 is 0.423 bits per heavy atom. The number of halogens is 6. The number of Topliss-reactive ketones (excluding diaryl/α,β-unsaturated/α-hetero) is 4. The van der Waals surface area contributed by atoms with Gasteiger partial charge in [0.05, 0.1) is 0 Å². The molecule has 0 atom stereocenters. The molecule has 0 amide bonds. The van der Waals surface area contributed by atoms with Gasteiger partial charge in [-0.3, -0.25) is 19.2 Å². The van der Waals surface area contributed by atoms with E-state index in [0.717, 1.165) is 0 Å². The molecule has 0 saturated heterocycles. The van der Waals surface area contributed by atoms with Crippen LogP contribution in [0.5, 0.6) is 0 Å². The van der Waals surface area contributed by atoms with Crippen molar-refractivity contribution in [2.45, 2.75) is 0 Å². The third kappa shape index (κ3) is 3.77. The number of ketones is 4. The molecule has 0 fully saturated rings. The van der Waals surface area contributed by atoms with Crippen molar-refractivity contribution in [2.24, 2.45) is 0 Å². The Morgan fingerprint density at radius 3 is 0.923 bits per heavy atom. The summed E-state index contributed by atoms with van der Waals surface area (Å²) in [6.07, 6.45) is 0. The van der Waals surface area contributed by atoms with E-state index in [2.05, 4.69) is 0 Å². The molecule has 4 nitrogen and oxygen atoms in total. The quantitative estimate of drug-likeness (QED) is 0.482. The van der Waals surface area contributed by atoms with Crippen molar-refractivity contribution in [3.8, 4) is 0 Å². The van der Waals surface area contributed by atoms with Gasteiger partial charge in [0, 0.05) is 11.1 Å². The van der Waals surface area contributed by atoms with Crippen LogP contribution in [-0.2, 0) is 9.59 Å². The minimum atomic E-state index is -0.729. The van der Waals surface area contributed by atoms with Crippen molar-refractivity contribution in [2.75, 3.05) is 0 Å². The third-order valence-corrected chi connectivity index (χ3v) is 5.64. The molecule has 1 aromatic carbocycles. The minimum Gasteiger partial charge on any atom is -0.288 e. The fourth-order valence-corrected chi connectivity index (χ4v) is 3.10. The molecule has 0 heterocycles. The van der Waals surface area contributed by atoms with Gasteiger partial charge in [-0.05, 0) is 0 Å². The zero-order valence-corrected chi connectivity index (χ0v) is 16.7. The number of allylic oxidation sites excluding steroid dienone is 6. The average molecular weight is 473 g/mol. The Hall–Kier alpha value is -1.14. The van der Waals surface area contributed by atoms with Crippen LogP contribution in [-0.4, -0.2) is 23.1 Å². The van der Waals surface area contributed by atoms with E-state index in [1.807, 2.05) is 0 Å². The SMILES string of the molecule is O=C1C(Cl)=C(Cl)C(=O)C(Cl)=C1Cl.O=C1C(Cl)=C(Cl)C(=O)c2ccccc21. The van der Waals surface area contributed by atoms with Gasteiger partial charge < -0.3 is 0 Å². The lowest BCUT2D eigenvalue weighted by Crippen LogP contribution is -2.17. The summed E-state index contributed by atoms with van der Waals surface area (Å²) in [6, 6.07) is 6.46. The summed E-state index contributed by atoms with van der Waals surface area (Å²) >= 11 is 32.7. The molecule has 0 spiro atoms. The summed E-state index contributed by atoms with van der Waals surface area (Å²) < 4.78 is 0. The molecule has 3 rings (SSSR count). The summed E-state index contributed by atoms with van der Waals surface area (Å²) in [5.74, 6) is -2.25. The molecule has 134 valence electrons. The number of hydrogen-bond acceptors (Lipinski definition) is 4. The maximum atomic E-state index is 11.5. The van der Waals surface area contributed by atoms with Crippen LogP contribution in [0.3, 0.4) is 0 Å². The fourth-order valence-electron chi connectivity index (χ4n) is 1.91. The van der Waals surface area contributed by atoms with Crippen molar-refractivity contribution >= 4 is 92.7 Å². The van der Waals surface area contributed by atoms with Gasteiger partial charge in [0.1, 0.15) is 30.2 Å². The van der Waals surface area contributed by atoms with Crippen LogP contribution in [0, 0.1) is 0 Å². The molecule has 10 heteroatoms. The number of carbonyl (C=O) groups excluding carboxylic acids is 4. The van der Waals surface area contributed by atoms with Gasteiger partial charge in [0.15, 0.2) is 0 Å². The van der Waals surface area contributed by atoms with Crippen molar-refractivity contribution < 1.29 is 19.2 Å². The lowest BCUT2D eigenvalue weighted by atomic mass is 9.95. The Labute approximate surface area is 176 Å². The largest absolute Gasteiger partial charge is 0.288 e. The summed E-state index contributed by atoms with van der Waals surface area (Å²) in [5, 5.41) is -1.97. The van der Waals surface area contributed by atoms with E-state index in [4.69, 9.17) is 69.6 Å². The molecule has 0 unspecified atom stereocenters. The van der Waals surface area contributed by atoms with E-state index in [1.165, 1.54) is 0 Å². The Kier molecular flexibility index (Phi) is 6.72. The van der Waals surface area contributed by atoms with Crippen LogP contribution in [0.2, 0.25) is 0 Å². The topological polar surface area (TPSA) is 68.3 Å². The first kappa shape index (κ1) is 21.2. The second kappa shape index (κ2) is 8.26. The minimum absolute atomic E-state index is 0.199. The van der Waals surface area contributed by atoms with Gasteiger partial charge in [-0.25, -0.2) is 0 Å². The Bertz CT molecular complexity index is 866.